The Morgan fingerprint density at radius 1 is 1.40 bits per heavy atom. The van der Waals surface area contributed by atoms with Gasteiger partial charge in [0, 0.05) is 0 Å². The van der Waals surface area contributed by atoms with E-state index in [0.29, 0.717) is 11.8 Å². The summed E-state index contributed by atoms with van der Waals surface area (Å²) in [6.07, 6.45) is -3.39. The summed E-state index contributed by atoms with van der Waals surface area (Å²) in [7, 11) is 0. The Morgan fingerprint density at radius 2 is 2.05 bits per heavy atom. The molecule has 2 rings (SSSR count). The molecule has 0 radical (unpaired) electrons. The molecule has 1 amide bonds. The Bertz CT molecular complexity index is 661. The highest BCUT2D eigenvalue weighted by Gasteiger charge is 2.33. The average Bonchev–Trinajstić information content (AvgIpc) is 2.67. The van der Waals surface area contributed by atoms with Gasteiger partial charge in [-0.1, -0.05) is 11.6 Å². The Morgan fingerprint density at radius 3 is 2.50 bits per heavy atom. The Kier molecular flexibility index (Phi) is 3.43. The van der Waals surface area contributed by atoms with Crippen molar-refractivity contribution in [3.05, 3.63) is 40.3 Å². The first-order chi connectivity index (χ1) is 9.20. The number of hydrogen-bond donors (Lipinski definition) is 1. The number of hydrogen-bond acceptors (Lipinski definition) is 3. The second kappa shape index (κ2) is 4.78. The smallest absolute Gasteiger partial charge is 0.365 e. The molecule has 5 nitrogen and oxygen atoms in total. The minimum absolute atomic E-state index is 0.183. The van der Waals surface area contributed by atoms with E-state index in [1.807, 2.05) is 0 Å². The number of amides is 1. The van der Waals surface area contributed by atoms with Gasteiger partial charge < -0.3 is 5.73 Å². The lowest BCUT2D eigenvalue weighted by Crippen LogP contribution is -2.19. The highest BCUT2D eigenvalue weighted by Crippen LogP contribution is 2.29. The first kappa shape index (κ1) is 14.3. The van der Waals surface area contributed by atoms with E-state index >= 15 is 0 Å². The van der Waals surface area contributed by atoms with E-state index < -0.39 is 17.8 Å². The van der Waals surface area contributed by atoms with Crippen LogP contribution in [0.5, 0.6) is 0 Å². The third-order valence-electron chi connectivity index (χ3n) is 2.49. The molecule has 0 spiro atoms. The van der Waals surface area contributed by atoms with E-state index in [4.69, 9.17) is 17.3 Å². The van der Waals surface area contributed by atoms with E-state index in [1.165, 1.54) is 6.20 Å². The van der Waals surface area contributed by atoms with Crippen LogP contribution in [0.25, 0.3) is 5.82 Å². The van der Waals surface area contributed by atoms with Crippen molar-refractivity contribution in [2.75, 3.05) is 0 Å². The van der Waals surface area contributed by atoms with Gasteiger partial charge in [0.15, 0.2) is 5.82 Å². The third-order valence-corrected chi connectivity index (χ3v) is 2.86. The maximum Gasteiger partial charge on any atom is 0.433 e. The van der Waals surface area contributed by atoms with Gasteiger partial charge in [-0.05, 0) is 19.1 Å². The number of aromatic nitrogens is 3. The van der Waals surface area contributed by atoms with Gasteiger partial charge in [0.1, 0.15) is 5.69 Å². The molecule has 0 aromatic carbocycles. The molecule has 0 aliphatic heterocycles. The number of nitrogens with two attached hydrogens (primary N) is 1. The highest BCUT2D eigenvalue weighted by molar-refractivity contribution is 6.31. The van der Waals surface area contributed by atoms with Gasteiger partial charge in [0.25, 0.3) is 5.91 Å². The van der Waals surface area contributed by atoms with Gasteiger partial charge in [-0.2, -0.15) is 18.3 Å². The first-order valence-electron chi connectivity index (χ1n) is 5.30. The summed E-state index contributed by atoms with van der Waals surface area (Å²) in [6.45, 7) is 1.57. The van der Waals surface area contributed by atoms with Crippen LogP contribution >= 0.6 is 11.6 Å². The van der Waals surface area contributed by atoms with Crippen molar-refractivity contribution in [1.82, 2.24) is 14.8 Å². The second-order valence-electron chi connectivity index (χ2n) is 3.94. The standard InChI is InChI=1S/C11H8ClF3N4O/c1-5-7(12)4-19(18-5)10-6(9(16)20)2-3-8(17-10)11(13,14)15/h2-4H,1H3,(H2,16,20). The van der Waals surface area contributed by atoms with Crippen LogP contribution in [0.15, 0.2) is 18.3 Å². The number of carbonyl (C=O) groups is 1. The maximum absolute atomic E-state index is 12.7. The van der Waals surface area contributed by atoms with Crippen LogP contribution in [-0.4, -0.2) is 20.7 Å². The number of alkyl halides is 3. The van der Waals surface area contributed by atoms with Crippen LogP contribution < -0.4 is 5.73 Å². The van der Waals surface area contributed by atoms with Crippen LogP contribution in [0.3, 0.4) is 0 Å². The molecule has 0 aliphatic rings. The molecule has 0 bridgehead atoms. The van der Waals surface area contributed by atoms with E-state index in [1.54, 1.807) is 6.92 Å². The Balaban J connectivity index is 2.67. The second-order valence-corrected chi connectivity index (χ2v) is 4.34. The van der Waals surface area contributed by atoms with Crippen LogP contribution in [0.4, 0.5) is 13.2 Å². The van der Waals surface area contributed by atoms with Gasteiger partial charge in [-0.15, -0.1) is 0 Å². The van der Waals surface area contributed by atoms with E-state index in [-0.39, 0.29) is 16.4 Å². The van der Waals surface area contributed by atoms with Crippen molar-refractivity contribution in [2.24, 2.45) is 5.73 Å². The van der Waals surface area contributed by atoms with Crippen molar-refractivity contribution in [3.8, 4) is 5.82 Å². The number of rotatable bonds is 2. The molecule has 0 atom stereocenters. The maximum atomic E-state index is 12.7. The minimum atomic E-state index is -4.64. The molecule has 2 N–H and O–H groups in total. The number of primary amides is 1. The lowest BCUT2D eigenvalue weighted by atomic mass is 10.2. The number of pyridine rings is 1. The van der Waals surface area contributed by atoms with Crippen molar-refractivity contribution in [3.63, 3.8) is 0 Å². The average molecular weight is 305 g/mol. The van der Waals surface area contributed by atoms with Gasteiger partial charge in [-0.25, -0.2) is 9.67 Å². The zero-order valence-corrected chi connectivity index (χ0v) is 10.8. The zero-order valence-electron chi connectivity index (χ0n) is 10.1. The van der Waals surface area contributed by atoms with Crippen molar-refractivity contribution >= 4 is 17.5 Å². The summed E-state index contributed by atoms with van der Waals surface area (Å²) >= 11 is 5.79. The van der Waals surface area contributed by atoms with Crippen molar-refractivity contribution in [1.29, 1.82) is 0 Å². The minimum Gasteiger partial charge on any atom is -0.365 e. The number of carbonyl (C=O) groups excluding carboxylic acids is 1. The lowest BCUT2D eigenvalue weighted by molar-refractivity contribution is -0.141. The van der Waals surface area contributed by atoms with E-state index in [0.717, 1.165) is 10.7 Å². The molecule has 20 heavy (non-hydrogen) atoms. The summed E-state index contributed by atoms with van der Waals surface area (Å²) in [5.74, 6) is -1.23. The third kappa shape index (κ3) is 2.60. The topological polar surface area (TPSA) is 73.8 Å². The van der Waals surface area contributed by atoms with Crippen molar-refractivity contribution < 1.29 is 18.0 Å². The quantitative estimate of drug-likeness (QED) is 0.925. The SMILES string of the molecule is Cc1nn(-c2nc(C(F)(F)F)ccc2C(N)=O)cc1Cl. The first-order valence-corrected chi connectivity index (χ1v) is 5.68. The lowest BCUT2D eigenvalue weighted by Gasteiger charge is -2.10. The van der Waals surface area contributed by atoms with Crippen LogP contribution in [0, 0.1) is 6.92 Å². The summed E-state index contributed by atoms with van der Waals surface area (Å²) in [4.78, 5) is 14.7. The monoisotopic (exact) mass is 304 g/mol. The fourth-order valence-corrected chi connectivity index (χ4v) is 1.65. The number of nitrogens with zero attached hydrogens (tertiary/aromatic N) is 3. The molecule has 9 heteroatoms. The van der Waals surface area contributed by atoms with Crippen LogP contribution in [0.2, 0.25) is 5.02 Å². The molecule has 106 valence electrons. The normalized spacial score (nSPS) is 11.7. The molecular formula is C11H8ClF3N4O. The van der Waals surface area contributed by atoms with Crippen molar-refractivity contribution in [2.45, 2.75) is 13.1 Å². The molecule has 0 unspecified atom stereocenters. The number of halogens is 4. The van der Waals surface area contributed by atoms with Crippen LogP contribution in [-0.2, 0) is 6.18 Å². The molecule has 0 aliphatic carbocycles. The number of aryl methyl sites for hydroxylation is 1. The van der Waals surface area contributed by atoms with E-state index in [9.17, 15) is 18.0 Å². The van der Waals surface area contributed by atoms with Gasteiger partial charge in [0.2, 0.25) is 0 Å². The molecule has 0 saturated heterocycles. The molecule has 2 heterocycles. The Labute approximate surface area is 116 Å². The summed E-state index contributed by atoms with van der Waals surface area (Å²) in [6, 6.07) is 1.64. The highest BCUT2D eigenvalue weighted by atomic mass is 35.5. The largest absolute Gasteiger partial charge is 0.433 e. The summed E-state index contributed by atoms with van der Waals surface area (Å²) < 4.78 is 39.0. The summed E-state index contributed by atoms with van der Waals surface area (Å²) in [5.41, 5.74) is 4.18. The van der Waals surface area contributed by atoms with Crippen LogP contribution in [0.1, 0.15) is 21.7 Å². The van der Waals surface area contributed by atoms with Gasteiger partial charge >= 0.3 is 6.18 Å². The predicted molar refractivity (Wildman–Crippen MR) is 64.6 cm³/mol. The van der Waals surface area contributed by atoms with E-state index in [2.05, 4.69) is 10.1 Å². The fourth-order valence-electron chi connectivity index (χ4n) is 1.52. The fraction of sp³-hybridized carbons (Fsp3) is 0.182. The van der Waals surface area contributed by atoms with Gasteiger partial charge in [0.05, 0.1) is 22.5 Å². The predicted octanol–water partition coefficient (Wildman–Crippen LogP) is 2.35. The molecule has 0 saturated carbocycles. The molecular weight excluding hydrogens is 297 g/mol. The molecule has 2 aromatic rings. The van der Waals surface area contributed by atoms with Gasteiger partial charge in [-0.3, -0.25) is 4.79 Å². The zero-order chi connectivity index (χ0) is 15.1. The Hall–Kier alpha value is -2.09. The molecule has 0 fully saturated rings. The summed E-state index contributed by atoms with van der Waals surface area (Å²) in [5, 5.41) is 4.13. The molecule has 2 aromatic heterocycles.